The van der Waals surface area contributed by atoms with Gasteiger partial charge in [0.2, 0.25) is 5.91 Å². The van der Waals surface area contributed by atoms with Crippen LogP contribution < -0.4 is 19.3 Å². The SMILES string of the molecule is CC[C@@H](C)Oc1cc2c(cc1OC)CC(=O)N(c1ccc(N(C)C)cc1)[C@H]2c1ccc(Cl)cc1. The topological polar surface area (TPSA) is 42.0 Å². The zero-order valence-electron chi connectivity index (χ0n) is 20.3. The number of fused-ring (bicyclic) bond motifs is 1. The molecule has 178 valence electrons. The molecular weight excluding hydrogens is 448 g/mol. The molecule has 0 fully saturated rings. The standard InChI is InChI=1S/C28H31ClN2O3/c1-6-18(2)34-26-17-24-20(15-25(26)33-5)16-27(32)31(23-13-11-22(12-14-23)30(3)4)28(24)19-7-9-21(29)10-8-19/h7-15,17-18,28H,6,16H2,1-5H3/t18-,28+/m1/s1. The van der Waals surface area contributed by atoms with Gasteiger partial charge < -0.3 is 19.3 Å². The summed E-state index contributed by atoms with van der Waals surface area (Å²) in [6.07, 6.45) is 1.21. The first-order valence-corrected chi connectivity index (χ1v) is 11.9. The summed E-state index contributed by atoms with van der Waals surface area (Å²) < 4.78 is 11.8. The highest BCUT2D eigenvalue weighted by molar-refractivity contribution is 6.30. The molecule has 3 aromatic carbocycles. The van der Waals surface area contributed by atoms with Crippen LogP contribution in [-0.4, -0.2) is 33.2 Å². The predicted molar refractivity (Wildman–Crippen MR) is 139 cm³/mol. The molecule has 0 N–H and O–H groups in total. The molecule has 0 aromatic heterocycles. The van der Waals surface area contributed by atoms with Crippen LogP contribution >= 0.6 is 11.6 Å². The van der Waals surface area contributed by atoms with Crippen LogP contribution in [0.3, 0.4) is 0 Å². The Morgan fingerprint density at radius 3 is 2.32 bits per heavy atom. The number of methoxy groups -OCH3 is 1. The van der Waals surface area contributed by atoms with Crippen molar-refractivity contribution in [3.63, 3.8) is 0 Å². The molecule has 4 rings (SSSR count). The summed E-state index contributed by atoms with van der Waals surface area (Å²) in [7, 11) is 5.63. The molecular formula is C28H31ClN2O3. The normalized spacial score (nSPS) is 16.1. The highest BCUT2D eigenvalue weighted by Gasteiger charge is 2.36. The van der Waals surface area contributed by atoms with Crippen molar-refractivity contribution in [3.05, 3.63) is 82.4 Å². The Morgan fingerprint density at radius 2 is 1.74 bits per heavy atom. The average molecular weight is 479 g/mol. The first-order valence-electron chi connectivity index (χ1n) is 11.5. The Labute approximate surface area is 206 Å². The van der Waals surface area contributed by atoms with Crippen LogP contribution in [0, 0.1) is 0 Å². The van der Waals surface area contributed by atoms with Crippen LogP contribution in [-0.2, 0) is 11.2 Å². The number of rotatable bonds is 7. The van der Waals surface area contributed by atoms with Crippen molar-refractivity contribution in [2.45, 2.75) is 38.8 Å². The van der Waals surface area contributed by atoms with Gasteiger partial charge in [-0.1, -0.05) is 30.7 Å². The van der Waals surface area contributed by atoms with E-state index >= 15 is 0 Å². The summed E-state index contributed by atoms with van der Waals surface area (Å²) in [6, 6.07) is 19.4. The van der Waals surface area contributed by atoms with E-state index in [-0.39, 0.29) is 24.5 Å². The predicted octanol–water partition coefficient (Wildman–Crippen LogP) is 6.27. The maximum Gasteiger partial charge on any atom is 0.232 e. The quantitative estimate of drug-likeness (QED) is 0.401. The number of benzene rings is 3. The van der Waals surface area contributed by atoms with E-state index in [9.17, 15) is 4.79 Å². The maximum atomic E-state index is 13.6. The van der Waals surface area contributed by atoms with Crippen molar-refractivity contribution in [1.82, 2.24) is 0 Å². The van der Waals surface area contributed by atoms with Crippen molar-refractivity contribution < 1.29 is 14.3 Å². The molecule has 6 heteroatoms. The van der Waals surface area contributed by atoms with Gasteiger partial charge >= 0.3 is 0 Å². The average Bonchev–Trinajstić information content (AvgIpc) is 2.83. The fraction of sp³-hybridized carbons (Fsp3) is 0.321. The zero-order chi connectivity index (χ0) is 24.4. The number of hydrogen-bond donors (Lipinski definition) is 0. The minimum absolute atomic E-state index is 0.0303. The lowest BCUT2D eigenvalue weighted by atomic mass is 9.86. The Balaban J connectivity index is 1.88. The van der Waals surface area contributed by atoms with Crippen molar-refractivity contribution in [1.29, 1.82) is 0 Å². The third-order valence-electron chi connectivity index (χ3n) is 6.32. The number of carbonyl (C=O) groups excluding carboxylic acids is 1. The van der Waals surface area contributed by atoms with Gasteiger partial charge in [-0.05, 0) is 78.6 Å². The van der Waals surface area contributed by atoms with E-state index in [1.807, 2.05) is 91.5 Å². The summed E-state index contributed by atoms with van der Waals surface area (Å²) >= 11 is 6.20. The molecule has 5 nitrogen and oxygen atoms in total. The van der Waals surface area contributed by atoms with Gasteiger partial charge in [-0.25, -0.2) is 0 Å². The summed E-state index contributed by atoms with van der Waals surface area (Å²) in [6.45, 7) is 4.13. The molecule has 1 aliphatic heterocycles. The first kappa shape index (κ1) is 24.0. The maximum absolute atomic E-state index is 13.6. The fourth-order valence-electron chi connectivity index (χ4n) is 4.29. The van der Waals surface area contributed by atoms with Gasteiger partial charge in [-0.3, -0.25) is 4.79 Å². The van der Waals surface area contributed by atoms with Crippen molar-refractivity contribution >= 4 is 28.9 Å². The van der Waals surface area contributed by atoms with Crippen molar-refractivity contribution in [3.8, 4) is 11.5 Å². The molecule has 1 heterocycles. The Hall–Kier alpha value is -3.18. The van der Waals surface area contributed by atoms with E-state index < -0.39 is 0 Å². The Bertz CT molecular complexity index is 1160. The molecule has 0 unspecified atom stereocenters. The fourth-order valence-corrected chi connectivity index (χ4v) is 4.41. The molecule has 0 bridgehead atoms. The second-order valence-corrected chi connectivity index (χ2v) is 9.28. The van der Waals surface area contributed by atoms with Gasteiger partial charge in [0.05, 0.1) is 25.7 Å². The van der Waals surface area contributed by atoms with Crippen LogP contribution in [0.25, 0.3) is 0 Å². The molecule has 1 aliphatic rings. The third-order valence-corrected chi connectivity index (χ3v) is 6.57. The van der Waals surface area contributed by atoms with E-state index in [1.165, 1.54) is 0 Å². The third kappa shape index (κ3) is 4.71. The molecule has 34 heavy (non-hydrogen) atoms. The van der Waals surface area contributed by atoms with Crippen LogP contribution in [0.1, 0.15) is 43.0 Å². The van der Waals surface area contributed by atoms with Crippen molar-refractivity contribution in [2.75, 3.05) is 31.0 Å². The summed E-state index contributed by atoms with van der Waals surface area (Å²) in [5.41, 5.74) is 4.87. The molecule has 2 atom stereocenters. The van der Waals surface area contributed by atoms with E-state index in [1.54, 1.807) is 7.11 Å². The van der Waals surface area contributed by atoms with E-state index in [0.717, 1.165) is 34.5 Å². The number of hydrogen-bond acceptors (Lipinski definition) is 4. The number of halogens is 1. The van der Waals surface area contributed by atoms with E-state index in [0.29, 0.717) is 16.5 Å². The smallest absolute Gasteiger partial charge is 0.232 e. The molecule has 1 amide bonds. The highest BCUT2D eigenvalue weighted by atomic mass is 35.5. The second-order valence-electron chi connectivity index (χ2n) is 8.84. The van der Waals surface area contributed by atoms with Crippen LogP contribution in [0.5, 0.6) is 11.5 Å². The van der Waals surface area contributed by atoms with Crippen LogP contribution in [0.2, 0.25) is 5.02 Å². The molecule has 0 radical (unpaired) electrons. The Morgan fingerprint density at radius 1 is 1.06 bits per heavy atom. The largest absolute Gasteiger partial charge is 0.493 e. The molecule has 0 spiro atoms. The number of amides is 1. The molecule has 0 saturated carbocycles. The minimum Gasteiger partial charge on any atom is -0.493 e. The summed E-state index contributed by atoms with van der Waals surface area (Å²) in [4.78, 5) is 17.5. The lowest BCUT2D eigenvalue weighted by molar-refractivity contribution is -0.118. The van der Waals surface area contributed by atoms with Gasteiger partial charge in [-0.2, -0.15) is 0 Å². The summed E-state index contributed by atoms with van der Waals surface area (Å²) in [5.74, 6) is 1.36. The lowest BCUT2D eigenvalue weighted by Gasteiger charge is -2.38. The van der Waals surface area contributed by atoms with Gasteiger partial charge in [0.15, 0.2) is 11.5 Å². The number of anilines is 2. The Kier molecular flexibility index (Phi) is 7.03. The molecule has 0 aliphatic carbocycles. The van der Waals surface area contributed by atoms with Gasteiger partial charge in [0.25, 0.3) is 0 Å². The van der Waals surface area contributed by atoms with E-state index in [2.05, 4.69) is 6.92 Å². The number of ether oxygens (including phenoxy) is 2. The number of carbonyl (C=O) groups is 1. The van der Waals surface area contributed by atoms with Gasteiger partial charge in [0, 0.05) is 30.5 Å². The van der Waals surface area contributed by atoms with E-state index in [4.69, 9.17) is 21.1 Å². The van der Waals surface area contributed by atoms with Gasteiger partial charge in [-0.15, -0.1) is 0 Å². The highest BCUT2D eigenvalue weighted by Crippen LogP contribution is 2.44. The van der Waals surface area contributed by atoms with Gasteiger partial charge in [0.1, 0.15) is 0 Å². The minimum atomic E-state index is -0.316. The zero-order valence-corrected chi connectivity index (χ0v) is 21.1. The number of nitrogens with zero attached hydrogens (tertiary/aromatic N) is 2. The molecule has 0 saturated heterocycles. The second kappa shape index (κ2) is 9.98. The van der Waals surface area contributed by atoms with Crippen LogP contribution in [0.15, 0.2) is 60.7 Å². The summed E-state index contributed by atoms with van der Waals surface area (Å²) in [5, 5.41) is 0.656. The first-order chi connectivity index (χ1) is 16.3. The van der Waals surface area contributed by atoms with Crippen LogP contribution in [0.4, 0.5) is 11.4 Å². The monoisotopic (exact) mass is 478 g/mol. The van der Waals surface area contributed by atoms with Crippen molar-refractivity contribution in [2.24, 2.45) is 0 Å². The molecule has 3 aromatic rings. The lowest BCUT2D eigenvalue weighted by Crippen LogP contribution is -2.41.